The molecule has 31 heavy (non-hydrogen) atoms. The Morgan fingerprint density at radius 3 is 1.71 bits per heavy atom. The van der Waals surface area contributed by atoms with E-state index in [2.05, 4.69) is 0 Å². The maximum atomic E-state index is 13.2. The molecule has 3 nitrogen and oxygen atoms in total. The van der Waals surface area contributed by atoms with Gasteiger partial charge in [-0.15, -0.1) is 12.4 Å². The van der Waals surface area contributed by atoms with E-state index in [-0.39, 0.29) is 37.2 Å². The van der Waals surface area contributed by atoms with Crippen LogP contribution in [0.25, 0.3) is 12.2 Å². The van der Waals surface area contributed by atoms with Crippen molar-refractivity contribution in [2.75, 3.05) is 13.1 Å². The Morgan fingerprint density at radius 2 is 1.32 bits per heavy atom. The van der Waals surface area contributed by atoms with E-state index in [1.807, 2.05) is 6.92 Å². The van der Waals surface area contributed by atoms with Gasteiger partial charge in [-0.05, 0) is 54.0 Å². The lowest BCUT2D eigenvalue weighted by atomic mass is 9.94. The highest BCUT2D eigenvalue weighted by Gasteiger charge is 2.28. The van der Waals surface area contributed by atoms with Crippen LogP contribution in [0.4, 0.5) is 0 Å². The number of rotatable bonds is 4. The monoisotopic (exact) mass is 517 g/mol. The number of likely N-dealkylation sites (tertiary alicyclic amines) is 1. The summed E-state index contributed by atoms with van der Waals surface area (Å²) in [6.07, 6.45) is 4.66. The smallest absolute Gasteiger partial charge is 0.223 e. The van der Waals surface area contributed by atoms with E-state index in [1.54, 1.807) is 53.5 Å². The van der Waals surface area contributed by atoms with Crippen molar-refractivity contribution in [3.63, 3.8) is 0 Å². The van der Waals surface area contributed by atoms with E-state index >= 15 is 0 Å². The zero-order valence-electron chi connectivity index (χ0n) is 16.6. The first-order valence-corrected chi connectivity index (χ1v) is 10.9. The summed E-state index contributed by atoms with van der Waals surface area (Å²) in [4.78, 5) is 27.4. The minimum Gasteiger partial charge on any atom is -0.334 e. The minimum absolute atomic E-state index is 0. The van der Waals surface area contributed by atoms with Crippen LogP contribution in [0.15, 0.2) is 47.5 Å². The Balaban J connectivity index is 0.00000341. The SMILES string of the molecule is CCCC(=O)N1C/C(=C\c2ccc(Cl)c(Cl)c2)C(=O)/C(=C/c2ccc(Cl)c(Cl)c2)C1.Cl. The molecule has 1 fully saturated rings. The summed E-state index contributed by atoms with van der Waals surface area (Å²) in [5, 5.41) is 1.68. The van der Waals surface area contributed by atoms with Gasteiger partial charge in [-0.3, -0.25) is 9.59 Å². The molecule has 1 amide bonds. The Morgan fingerprint density at radius 1 is 0.871 bits per heavy atom. The van der Waals surface area contributed by atoms with Crippen molar-refractivity contribution in [2.24, 2.45) is 0 Å². The van der Waals surface area contributed by atoms with Gasteiger partial charge in [0, 0.05) is 30.7 Å². The molecule has 0 N–H and O–H groups in total. The summed E-state index contributed by atoms with van der Waals surface area (Å²) in [6.45, 7) is 2.44. The van der Waals surface area contributed by atoms with Gasteiger partial charge in [-0.2, -0.15) is 0 Å². The lowest BCUT2D eigenvalue weighted by Crippen LogP contribution is -2.41. The normalized spacial score (nSPS) is 16.5. The van der Waals surface area contributed by atoms with Crippen LogP contribution < -0.4 is 0 Å². The van der Waals surface area contributed by atoms with Gasteiger partial charge in [0.15, 0.2) is 5.78 Å². The number of amides is 1. The van der Waals surface area contributed by atoms with Crippen LogP contribution in [0, 0.1) is 0 Å². The Labute approximate surface area is 208 Å². The summed E-state index contributed by atoms with van der Waals surface area (Å²) in [7, 11) is 0. The second kappa shape index (κ2) is 11.4. The standard InChI is InChI=1S/C23H19Cl4NO2.ClH/c1-2-3-22(29)28-12-16(8-14-4-6-18(24)20(26)10-14)23(30)17(13-28)9-15-5-7-19(25)21(27)11-15;/h4-11H,2-3,12-13H2,1H3;1H/b16-8+,17-9+;. The van der Waals surface area contributed by atoms with Gasteiger partial charge in [0.1, 0.15) is 0 Å². The second-order valence-corrected chi connectivity index (χ2v) is 8.64. The lowest BCUT2D eigenvalue weighted by Gasteiger charge is -2.30. The van der Waals surface area contributed by atoms with Crippen LogP contribution in [0.2, 0.25) is 20.1 Å². The van der Waals surface area contributed by atoms with Crippen molar-refractivity contribution in [1.82, 2.24) is 4.90 Å². The third-order valence-corrected chi connectivity index (χ3v) is 6.17. The molecule has 1 aliphatic rings. The summed E-state index contributed by atoms with van der Waals surface area (Å²) < 4.78 is 0. The number of carbonyl (C=O) groups excluding carboxylic acids is 2. The number of nitrogens with zero attached hydrogens (tertiary/aromatic N) is 1. The van der Waals surface area contributed by atoms with Crippen LogP contribution in [0.1, 0.15) is 30.9 Å². The second-order valence-electron chi connectivity index (χ2n) is 7.02. The average molecular weight is 520 g/mol. The minimum atomic E-state index is -0.118. The molecule has 164 valence electrons. The molecule has 0 bridgehead atoms. The molecular formula is C23H20Cl5NO2. The fourth-order valence-electron chi connectivity index (χ4n) is 3.19. The molecule has 1 heterocycles. The van der Waals surface area contributed by atoms with Crippen LogP contribution >= 0.6 is 58.8 Å². The highest BCUT2D eigenvalue weighted by Crippen LogP contribution is 2.28. The zero-order chi connectivity index (χ0) is 21.8. The number of hydrogen-bond acceptors (Lipinski definition) is 2. The summed E-state index contributed by atoms with van der Waals surface area (Å²) in [5.41, 5.74) is 2.50. The molecule has 3 rings (SSSR count). The lowest BCUT2D eigenvalue weighted by molar-refractivity contribution is -0.131. The molecule has 2 aromatic carbocycles. The number of ketones is 1. The van der Waals surface area contributed by atoms with Crippen LogP contribution in [-0.4, -0.2) is 29.7 Å². The van der Waals surface area contributed by atoms with Crippen LogP contribution in [0.5, 0.6) is 0 Å². The van der Waals surface area contributed by atoms with Gasteiger partial charge in [0.05, 0.1) is 20.1 Å². The molecule has 0 aliphatic carbocycles. The molecule has 1 aliphatic heterocycles. The molecule has 0 spiro atoms. The zero-order valence-corrected chi connectivity index (χ0v) is 20.5. The van der Waals surface area contributed by atoms with Gasteiger partial charge < -0.3 is 4.90 Å². The number of benzene rings is 2. The third-order valence-electron chi connectivity index (χ3n) is 4.69. The van der Waals surface area contributed by atoms with Gasteiger partial charge in [0.2, 0.25) is 5.91 Å². The van der Waals surface area contributed by atoms with Gasteiger partial charge in [-0.25, -0.2) is 0 Å². The molecular weight excluding hydrogens is 500 g/mol. The molecule has 0 atom stereocenters. The van der Waals surface area contributed by atoms with Gasteiger partial charge in [-0.1, -0.05) is 65.5 Å². The van der Waals surface area contributed by atoms with Crippen LogP contribution in [0.3, 0.4) is 0 Å². The number of carbonyl (C=O) groups is 2. The number of hydrogen-bond donors (Lipinski definition) is 0. The van der Waals surface area contributed by atoms with E-state index in [0.717, 1.165) is 17.5 Å². The molecule has 1 saturated heterocycles. The molecule has 2 aromatic rings. The fourth-order valence-corrected chi connectivity index (χ4v) is 3.81. The van der Waals surface area contributed by atoms with Crippen molar-refractivity contribution in [1.29, 1.82) is 0 Å². The van der Waals surface area contributed by atoms with Crippen LogP contribution in [-0.2, 0) is 9.59 Å². The maximum Gasteiger partial charge on any atom is 0.223 e. The number of halogens is 5. The van der Waals surface area contributed by atoms with Gasteiger partial charge in [0.25, 0.3) is 0 Å². The Kier molecular flexibility index (Phi) is 9.47. The van der Waals surface area contributed by atoms with E-state index in [0.29, 0.717) is 37.7 Å². The summed E-state index contributed by atoms with van der Waals surface area (Å²) in [6, 6.07) is 10.3. The Hall–Kier alpha value is -1.49. The largest absolute Gasteiger partial charge is 0.334 e. The summed E-state index contributed by atoms with van der Waals surface area (Å²) in [5.74, 6) is -0.113. The van der Waals surface area contributed by atoms with Crippen molar-refractivity contribution in [3.05, 3.63) is 78.8 Å². The molecule has 8 heteroatoms. The maximum absolute atomic E-state index is 13.2. The number of Topliss-reactive ketones (excluding diaryl/α,β-unsaturated/α-hetero) is 1. The average Bonchev–Trinajstić information content (AvgIpc) is 2.70. The predicted molar refractivity (Wildman–Crippen MR) is 133 cm³/mol. The quantitative estimate of drug-likeness (QED) is 0.395. The fraction of sp³-hybridized carbons (Fsp3) is 0.217. The molecule has 0 radical (unpaired) electrons. The van der Waals surface area contributed by atoms with E-state index in [4.69, 9.17) is 46.4 Å². The topological polar surface area (TPSA) is 37.4 Å². The van der Waals surface area contributed by atoms with Crippen molar-refractivity contribution < 1.29 is 9.59 Å². The summed E-state index contributed by atoms with van der Waals surface area (Å²) >= 11 is 24.2. The van der Waals surface area contributed by atoms with Crippen molar-refractivity contribution >= 4 is 82.7 Å². The predicted octanol–water partition coefficient (Wildman–Crippen LogP) is 7.40. The van der Waals surface area contributed by atoms with Gasteiger partial charge >= 0.3 is 0 Å². The first-order chi connectivity index (χ1) is 14.3. The van der Waals surface area contributed by atoms with Crippen molar-refractivity contribution in [3.8, 4) is 0 Å². The first kappa shape index (κ1) is 25.8. The number of piperidine rings is 1. The highest BCUT2D eigenvalue weighted by atomic mass is 35.5. The highest BCUT2D eigenvalue weighted by molar-refractivity contribution is 6.42. The molecule has 0 unspecified atom stereocenters. The van der Waals surface area contributed by atoms with E-state index in [1.165, 1.54) is 0 Å². The third kappa shape index (κ3) is 6.50. The van der Waals surface area contributed by atoms with E-state index < -0.39 is 0 Å². The first-order valence-electron chi connectivity index (χ1n) is 9.42. The van der Waals surface area contributed by atoms with Crippen molar-refractivity contribution in [2.45, 2.75) is 19.8 Å². The molecule has 0 saturated carbocycles. The van der Waals surface area contributed by atoms with E-state index in [9.17, 15) is 9.59 Å². The Bertz CT molecular complexity index is 988. The molecule has 0 aromatic heterocycles.